The van der Waals surface area contributed by atoms with E-state index in [4.69, 9.17) is 4.74 Å². The van der Waals surface area contributed by atoms with Crippen LogP contribution in [0.15, 0.2) is 24.3 Å². The lowest BCUT2D eigenvalue weighted by molar-refractivity contribution is 0.416. The first kappa shape index (κ1) is 13.3. The second-order valence-electron chi connectivity index (χ2n) is 4.27. The summed E-state index contributed by atoms with van der Waals surface area (Å²) in [6, 6.07) is 7.80. The summed E-state index contributed by atoms with van der Waals surface area (Å²) in [7, 11) is 3.54. The van der Waals surface area contributed by atoms with Gasteiger partial charge in [0, 0.05) is 18.3 Å². The quantitative estimate of drug-likeness (QED) is 0.914. The monoisotopic (exact) mass is 257 g/mol. The molecule has 0 fully saturated rings. The first-order valence-electron chi connectivity index (χ1n) is 6.39. The van der Waals surface area contributed by atoms with Crippen molar-refractivity contribution in [2.75, 3.05) is 19.5 Å². The molecule has 0 unspecified atom stereocenters. The van der Waals surface area contributed by atoms with Crippen LogP contribution in [0.25, 0.3) is 11.4 Å². The molecule has 0 aliphatic carbocycles. The van der Waals surface area contributed by atoms with Crippen molar-refractivity contribution in [1.82, 2.24) is 9.97 Å². The van der Waals surface area contributed by atoms with Crippen molar-refractivity contribution in [2.45, 2.75) is 20.3 Å². The van der Waals surface area contributed by atoms with E-state index in [2.05, 4.69) is 22.2 Å². The van der Waals surface area contributed by atoms with Crippen LogP contribution in [0.3, 0.4) is 0 Å². The van der Waals surface area contributed by atoms with Gasteiger partial charge < -0.3 is 10.1 Å². The Balaban J connectivity index is 2.62. The lowest BCUT2D eigenvalue weighted by Crippen LogP contribution is -2.05. The molecule has 0 atom stereocenters. The Morgan fingerprint density at radius 1 is 1.21 bits per heavy atom. The van der Waals surface area contributed by atoms with Crippen LogP contribution in [0.5, 0.6) is 5.75 Å². The molecule has 100 valence electrons. The number of nitrogens with zero attached hydrogens (tertiary/aromatic N) is 2. The summed E-state index contributed by atoms with van der Waals surface area (Å²) in [4.78, 5) is 9.22. The lowest BCUT2D eigenvalue weighted by Gasteiger charge is -2.13. The number of ether oxygens (including phenoxy) is 1. The second kappa shape index (κ2) is 5.69. The lowest BCUT2D eigenvalue weighted by atomic mass is 10.1. The Morgan fingerprint density at radius 2 is 1.95 bits per heavy atom. The van der Waals surface area contributed by atoms with Crippen LogP contribution < -0.4 is 10.1 Å². The zero-order valence-corrected chi connectivity index (χ0v) is 11.8. The van der Waals surface area contributed by atoms with Crippen molar-refractivity contribution in [3.63, 3.8) is 0 Å². The SMILES string of the molecule is CCc1nc(-c2ccccc2OC)nc(NC)c1C. The second-order valence-corrected chi connectivity index (χ2v) is 4.27. The van der Waals surface area contributed by atoms with Crippen LogP contribution in [0, 0.1) is 6.92 Å². The van der Waals surface area contributed by atoms with E-state index < -0.39 is 0 Å². The minimum atomic E-state index is 0.698. The molecule has 0 amide bonds. The first-order chi connectivity index (χ1) is 9.21. The molecule has 19 heavy (non-hydrogen) atoms. The van der Waals surface area contributed by atoms with Gasteiger partial charge in [-0.1, -0.05) is 19.1 Å². The Bertz CT molecular complexity index is 556. The molecule has 2 rings (SSSR count). The molecule has 1 aromatic carbocycles. The predicted octanol–water partition coefficient (Wildman–Crippen LogP) is 3.06. The number of nitrogens with one attached hydrogen (secondary N) is 1. The van der Waals surface area contributed by atoms with E-state index in [-0.39, 0.29) is 0 Å². The van der Waals surface area contributed by atoms with E-state index >= 15 is 0 Å². The van der Waals surface area contributed by atoms with E-state index in [1.165, 1.54) is 0 Å². The molecule has 0 saturated carbocycles. The Kier molecular flexibility index (Phi) is 4.00. The number of para-hydroxylation sites is 1. The number of aromatic nitrogens is 2. The zero-order chi connectivity index (χ0) is 13.8. The minimum absolute atomic E-state index is 0.698. The third-order valence-electron chi connectivity index (χ3n) is 3.17. The van der Waals surface area contributed by atoms with Gasteiger partial charge in [-0.05, 0) is 25.5 Å². The largest absolute Gasteiger partial charge is 0.496 e. The summed E-state index contributed by atoms with van der Waals surface area (Å²) in [5, 5.41) is 3.13. The fourth-order valence-corrected chi connectivity index (χ4v) is 2.10. The zero-order valence-electron chi connectivity index (χ0n) is 11.8. The van der Waals surface area contributed by atoms with Gasteiger partial charge in [0.2, 0.25) is 0 Å². The molecular formula is C15H19N3O. The summed E-state index contributed by atoms with van der Waals surface area (Å²) in [6.45, 7) is 4.14. The van der Waals surface area contributed by atoms with Gasteiger partial charge in [-0.25, -0.2) is 9.97 Å². The van der Waals surface area contributed by atoms with Gasteiger partial charge >= 0.3 is 0 Å². The highest BCUT2D eigenvalue weighted by Gasteiger charge is 2.13. The number of hydrogen-bond acceptors (Lipinski definition) is 4. The van der Waals surface area contributed by atoms with Gasteiger partial charge in [0.15, 0.2) is 5.82 Å². The highest BCUT2D eigenvalue weighted by Crippen LogP contribution is 2.29. The normalized spacial score (nSPS) is 10.3. The molecule has 0 aliphatic rings. The van der Waals surface area contributed by atoms with E-state index in [9.17, 15) is 0 Å². The molecule has 1 aromatic heterocycles. The average molecular weight is 257 g/mol. The maximum absolute atomic E-state index is 5.38. The number of hydrogen-bond donors (Lipinski definition) is 1. The molecule has 0 saturated heterocycles. The van der Waals surface area contributed by atoms with Gasteiger partial charge in [0.25, 0.3) is 0 Å². The summed E-state index contributed by atoms with van der Waals surface area (Å²) in [6.07, 6.45) is 0.880. The predicted molar refractivity (Wildman–Crippen MR) is 77.7 cm³/mol. The van der Waals surface area contributed by atoms with Crippen molar-refractivity contribution < 1.29 is 4.74 Å². The van der Waals surface area contributed by atoms with Gasteiger partial charge in [0.1, 0.15) is 11.6 Å². The van der Waals surface area contributed by atoms with Crippen molar-refractivity contribution >= 4 is 5.82 Å². The third-order valence-corrected chi connectivity index (χ3v) is 3.17. The van der Waals surface area contributed by atoms with Gasteiger partial charge in [-0.3, -0.25) is 0 Å². The molecule has 1 N–H and O–H groups in total. The molecular weight excluding hydrogens is 238 g/mol. The number of benzene rings is 1. The molecule has 2 aromatic rings. The van der Waals surface area contributed by atoms with E-state index in [1.54, 1.807) is 7.11 Å². The van der Waals surface area contributed by atoms with Crippen LogP contribution >= 0.6 is 0 Å². The fourth-order valence-electron chi connectivity index (χ4n) is 2.10. The number of rotatable bonds is 4. The molecule has 0 bridgehead atoms. The number of anilines is 1. The smallest absolute Gasteiger partial charge is 0.165 e. The van der Waals surface area contributed by atoms with Gasteiger partial charge in [-0.15, -0.1) is 0 Å². The van der Waals surface area contributed by atoms with Crippen LogP contribution in [-0.2, 0) is 6.42 Å². The molecule has 1 heterocycles. The highest BCUT2D eigenvalue weighted by atomic mass is 16.5. The maximum Gasteiger partial charge on any atom is 0.165 e. The number of methoxy groups -OCH3 is 1. The topological polar surface area (TPSA) is 47.0 Å². The van der Waals surface area contributed by atoms with Crippen LogP contribution in [0.4, 0.5) is 5.82 Å². The molecule has 0 aliphatic heterocycles. The Hall–Kier alpha value is -2.10. The summed E-state index contributed by atoms with van der Waals surface area (Å²) in [5.41, 5.74) is 3.07. The van der Waals surface area contributed by atoms with Crippen molar-refractivity contribution in [1.29, 1.82) is 0 Å². The standard InChI is InChI=1S/C15H19N3O/c1-5-12-10(2)14(16-3)18-15(17-12)11-8-6-7-9-13(11)19-4/h6-9H,5H2,1-4H3,(H,16,17,18). The van der Waals surface area contributed by atoms with Crippen LogP contribution in [-0.4, -0.2) is 24.1 Å². The average Bonchev–Trinajstić information content (AvgIpc) is 2.47. The Morgan fingerprint density at radius 3 is 2.58 bits per heavy atom. The third kappa shape index (κ3) is 2.52. The highest BCUT2D eigenvalue weighted by molar-refractivity contribution is 5.66. The summed E-state index contributed by atoms with van der Waals surface area (Å²) in [5.74, 6) is 2.35. The van der Waals surface area contributed by atoms with E-state index in [0.717, 1.165) is 34.8 Å². The molecule has 0 radical (unpaired) electrons. The van der Waals surface area contributed by atoms with Gasteiger partial charge in [-0.2, -0.15) is 0 Å². The summed E-state index contributed by atoms with van der Waals surface area (Å²) < 4.78 is 5.38. The maximum atomic E-state index is 5.38. The van der Waals surface area contributed by atoms with E-state index in [0.29, 0.717) is 5.82 Å². The molecule has 0 spiro atoms. The molecule has 4 heteroatoms. The van der Waals surface area contributed by atoms with Crippen LogP contribution in [0.1, 0.15) is 18.2 Å². The van der Waals surface area contributed by atoms with Crippen LogP contribution in [0.2, 0.25) is 0 Å². The van der Waals surface area contributed by atoms with Crippen molar-refractivity contribution in [3.8, 4) is 17.1 Å². The van der Waals surface area contributed by atoms with E-state index in [1.807, 2.05) is 38.2 Å². The fraction of sp³-hybridized carbons (Fsp3) is 0.333. The summed E-state index contributed by atoms with van der Waals surface area (Å²) >= 11 is 0. The first-order valence-corrected chi connectivity index (χ1v) is 6.39. The van der Waals surface area contributed by atoms with Gasteiger partial charge in [0.05, 0.1) is 12.7 Å². The van der Waals surface area contributed by atoms with Crippen molar-refractivity contribution in [3.05, 3.63) is 35.5 Å². The molecule has 4 nitrogen and oxygen atoms in total. The number of aryl methyl sites for hydroxylation is 1. The van der Waals surface area contributed by atoms with Crippen molar-refractivity contribution in [2.24, 2.45) is 0 Å². The Labute approximate surface area is 113 Å². The minimum Gasteiger partial charge on any atom is -0.496 e.